The molecule has 0 aliphatic heterocycles. The first-order valence-electron chi connectivity index (χ1n) is 7.11. The van der Waals surface area contributed by atoms with Crippen molar-refractivity contribution in [3.8, 4) is 0 Å². The number of amides is 1. The number of aromatic nitrogens is 2. The van der Waals surface area contributed by atoms with Gasteiger partial charge in [-0.25, -0.2) is 0 Å². The van der Waals surface area contributed by atoms with Crippen LogP contribution in [0, 0.1) is 10.1 Å². The van der Waals surface area contributed by atoms with Crippen molar-refractivity contribution in [2.75, 3.05) is 6.54 Å². The van der Waals surface area contributed by atoms with Gasteiger partial charge in [-0.1, -0.05) is 13.3 Å². The topological polar surface area (TPSA) is 121 Å². The SMILES string of the molecule is CCCc1[nH]nc(C(=O)NCC(C)(O)c2ccsc2)c1[N+](=O)[O-]. The van der Waals surface area contributed by atoms with Gasteiger partial charge in [0.1, 0.15) is 11.3 Å². The van der Waals surface area contributed by atoms with Gasteiger partial charge in [0.25, 0.3) is 5.91 Å². The van der Waals surface area contributed by atoms with E-state index in [0.29, 0.717) is 24.1 Å². The van der Waals surface area contributed by atoms with Gasteiger partial charge in [-0.3, -0.25) is 20.0 Å². The van der Waals surface area contributed by atoms with Crippen molar-refractivity contribution >= 4 is 22.9 Å². The highest BCUT2D eigenvalue weighted by molar-refractivity contribution is 7.08. The molecule has 1 atom stereocenters. The average Bonchev–Trinajstić information content (AvgIpc) is 3.14. The molecular weight excluding hydrogens is 320 g/mol. The number of H-pyrrole nitrogens is 1. The number of aromatic amines is 1. The van der Waals surface area contributed by atoms with E-state index in [-0.39, 0.29) is 17.9 Å². The first-order valence-corrected chi connectivity index (χ1v) is 8.06. The third-order valence-electron chi connectivity index (χ3n) is 3.45. The Balaban J connectivity index is 2.14. The van der Waals surface area contributed by atoms with Crippen LogP contribution in [0.15, 0.2) is 16.8 Å². The van der Waals surface area contributed by atoms with Gasteiger partial charge in [0.15, 0.2) is 0 Å². The van der Waals surface area contributed by atoms with Gasteiger partial charge in [0.2, 0.25) is 5.69 Å². The predicted molar refractivity (Wildman–Crippen MR) is 85.5 cm³/mol. The molecule has 0 bridgehead atoms. The van der Waals surface area contributed by atoms with E-state index in [4.69, 9.17) is 0 Å². The Morgan fingerprint density at radius 1 is 1.61 bits per heavy atom. The number of aliphatic hydroxyl groups is 1. The van der Waals surface area contributed by atoms with Crippen LogP contribution in [0.4, 0.5) is 5.69 Å². The van der Waals surface area contributed by atoms with Crippen LogP contribution in [0.3, 0.4) is 0 Å². The van der Waals surface area contributed by atoms with Crippen LogP contribution < -0.4 is 5.32 Å². The number of hydrogen-bond donors (Lipinski definition) is 3. The Morgan fingerprint density at radius 3 is 2.91 bits per heavy atom. The molecular formula is C14H18N4O4S. The molecule has 0 aromatic carbocycles. The summed E-state index contributed by atoms with van der Waals surface area (Å²) in [5.41, 5.74) is -0.829. The van der Waals surface area contributed by atoms with Crippen molar-refractivity contribution in [1.82, 2.24) is 15.5 Å². The molecule has 2 heterocycles. The predicted octanol–water partition coefficient (Wildman–Crippen LogP) is 1.97. The first kappa shape index (κ1) is 17.1. The number of aryl methyl sites for hydroxylation is 1. The van der Waals surface area contributed by atoms with Gasteiger partial charge in [-0.15, -0.1) is 0 Å². The smallest absolute Gasteiger partial charge is 0.322 e. The van der Waals surface area contributed by atoms with E-state index < -0.39 is 16.4 Å². The minimum absolute atomic E-state index is 0.0737. The van der Waals surface area contributed by atoms with E-state index in [9.17, 15) is 20.0 Å². The molecule has 0 spiro atoms. The Labute approximate surface area is 136 Å². The van der Waals surface area contributed by atoms with Crippen LogP contribution in [-0.4, -0.2) is 32.7 Å². The van der Waals surface area contributed by atoms with Crippen molar-refractivity contribution < 1.29 is 14.8 Å². The second kappa shape index (κ2) is 6.88. The Bertz CT molecular complexity index is 694. The summed E-state index contributed by atoms with van der Waals surface area (Å²) in [6.07, 6.45) is 1.13. The summed E-state index contributed by atoms with van der Waals surface area (Å²) in [4.78, 5) is 22.8. The first-order chi connectivity index (χ1) is 10.9. The summed E-state index contributed by atoms with van der Waals surface area (Å²) in [6.45, 7) is 3.37. The maximum Gasteiger partial charge on any atom is 0.322 e. The maximum atomic E-state index is 12.2. The summed E-state index contributed by atoms with van der Waals surface area (Å²) >= 11 is 1.43. The molecule has 0 aliphatic carbocycles. The van der Waals surface area contributed by atoms with E-state index in [1.807, 2.05) is 12.3 Å². The summed E-state index contributed by atoms with van der Waals surface area (Å²) < 4.78 is 0. The van der Waals surface area contributed by atoms with E-state index in [1.165, 1.54) is 11.3 Å². The van der Waals surface area contributed by atoms with Gasteiger partial charge in [0, 0.05) is 0 Å². The third-order valence-corrected chi connectivity index (χ3v) is 4.13. The number of rotatable bonds is 7. The number of nitro groups is 1. The standard InChI is InChI=1S/C14H18N4O4S/c1-3-4-10-12(18(21)22)11(17-16-10)13(19)15-8-14(2,20)9-5-6-23-7-9/h5-7,20H,3-4,8H2,1-2H3,(H,15,19)(H,16,17). The van der Waals surface area contributed by atoms with Crippen LogP contribution in [0.1, 0.15) is 42.0 Å². The zero-order chi connectivity index (χ0) is 17.0. The number of nitrogens with one attached hydrogen (secondary N) is 2. The molecule has 1 unspecified atom stereocenters. The van der Waals surface area contributed by atoms with Gasteiger partial charge < -0.3 is 10.4 Å². The molecule has 2 rings (SSSR count). The highest BCUT2D eigenvalue weighted by Gasteiger charge is 2.30. The van der Waals surface area contributed by atoms with Gasteiger partial charge in [-0.05, 0) is 35.7 Å². The van der Waals surface area contributed by atoms with Gasteiger partial charge in [-0.2, -0.15) is 16.4 Å². The molecule has 2 aromatic rings. The van der Waals surface area contributed by atoms with Crippen LogP contribution in [-0.2, 0) is 12.0 Å². The molecule has 3 N–H and O–H groups in total. The van der Waals surface area contributed by atoms with Crippen molar-refractivity contribution in [3.05, 3.63) is 43.9 Å². The van der Waals surface area contributed by atoms with E-state index in [1.54, 1.807) is 18.4 Å². The summed E-state index contributed by atoms with van der Waals surface area (Å²) in [6, 6.07) is 1.76. The molecule has 1 amide bonds. The molecule has 2 aromatic heterocycles. The van der Waals surface area contributed by atoms with Crippen LogP contribution in [0.25, 0.3) is 0 Å². The second-order valence-corrected chi connectivity index (χ2v) is 6.16. The number of carbonyl (C=O) groups is 1. The lowest BCUT2D eigenvalue weighted by molar-refractivity contribution is -0.385. The lowest BCUT2D eigenvalue weighted by atomic mass is 9.99. The lowest BCUT2D eigenvalue weighted by Gasteiger charge is -2.22. The largest absolute Gasteiger partial charge is 0.384 e. The minimum atomic E-state index is -1.26. The van der Waals surface area contributed by atoms with Crippen LogP contribution in [0.2, 0.25) is 0 Å². The highest BCUT2D eigenvalue weighted by atomic mass is 32.1. The molecule has 8 nitrogen and oxygen atoms in total. The molecule has 9 heteroatoms. The quantitative estimate of drug-likeness (QED) is 0.526. The summed E-state index contributed by atoms with van der Waals surface area (Å²) in [5, 5.41) is 34.0. The average molecular weight is 338 g/mol. The van der Waals surface area contributed by atoms with Gasteiger partial charge >= 0.3 is 5.69 Å². The number of thiophene rings is 1. The molecule has 0 aliphatic rings. The molecule has 23 heavy (non-hydrogen) atoms. The molecule has 0 saturated heterocycles. The Kier molecular flexibility index (Phi) is 5.12. The summed E-state index contributed by atoms with van der Waals surface area (Å²) in [7, 11) is 0. The molecule has 0 saturated carbocycles. The Morgan fingerprint density at radius 2 is 2.35 bits per heavy atom. The van der Waals surface area contributed by atoms with Crippen molar-refractivity contribution in [2.24, 2.45) is 0 Å². The number of carbonyl (C=O) groups excluding carboxylic acids is 1. The maximum absolute atomic E-state index is 12.2. The zero-order valence-corrected chi connectivity index (χ0v) is 13.6. The minimum Gasteiger partial charge on any atom is -0.384 e. The molecule has 0 radical (unpaired) electrons. The van der Waals surface area contributed by atoms with Crippen molar-refractivity contribution in [3.63, 3.8) is 0 Å². The van der Waals surface area contributed by atoms with Crippen LogP contribution >= 0.6 is 11.3 Å². The Hall–Kier alpha value is -2.26. The van der Waals surface area contributed by atoms with E-state index in [0.717, 1.165) is 0 Å². The molecule has 124 valence electrons. The van der Waals surface area contributed by atoms with E-state index in [2.05, 4.69) is 15.5 Å². The second-order valence-electron chi connectivity index (χ2n) is 5.38. The summed E-state index contributed by atoms with van der Waals surface area (Å²) in [5.74, 6) is -0.689. The molecule has 0 fully saturated rings. The van der Waals surface area contributed by atoms with Crippen LogP contribution in [0.5, 0.6) is 0 Å². The number of hydrogen-bond acceptors (Lipinski definition) is 6. The normalized spacial score (nSPS) is 13.5. The lowest BCUT2D eigenvalue weighted by Crippen LogP contribution is -2.38. The van der Waals surface area contributed by atoms with E-state index >= 15 is 0 Å². The fourth-order valence-electron chi connectivity index (χ4n) is 2.16. The van der Waals surface area contributed by atoms with Gasteiger partial charge in [0.05, 0.1) is 11.5 Å². The fraction of sp³-hybridized carbons (Fsp3) is 0.429. The number of nitrogens with zero attached hydrogens (tertiary/aromatic N) is 2. The fourth-order valence-corrected chi connectivity index (χ4v) is 2.94. The van der Waals surface area contributed by atoms with Crippen molar-refractivity contribution in [2.45, 2.75) is 32.3 Å². The monoisotopic (exact) mass is 338 g/mol. The van der Waals surface area contributed by atoms with Crippen molar-refractivity contribution in [1.29, 1.82) is 0 Å². The third kappa shape index (κ3) is 3.74. The zero-order valence-electron chi connectivity index (χ0n) is 12.8. The highest BCUT2D eigenvalue weighted by Crippen LogP contribution is 2.24.